The van der Waals surface area contributed by atoms with Crippen LogP contribution in [0, 0.1) is 5.92 Å². The van der Waals surface area contributed by atoms with Gasteiger partial charge < -0.3 is 5.11 Å². The van der Waals surface area contributed by atoms with Gasteiger partial charge in [-0.25, -0.2) is 0 Å². The van der Waals surface area contributed by atoms with Gasteiger partial charge in [-0.15, -0.1) is 0 Å². The fourth-order valence-electron chi connectivity index (χ4n) is 2.83. The summed E-state index contributed by atoms with van der Waals surface area (Å²) in [5.41, 5.74) is 1.15. The first-order valence-electron chi connectivity index (χ1n) is 5.07. The highest BCUT2D eigenvalue weighted by atomic mass is 16.3. The maximum atomic E-state index is 9.90. The number of aliphatic hydroxyl groups is 1. The van der Waals surface area contributed by atoms with E-state index < -0.39 is 0 Å². The fraction of sp³-hybridized carbons (Fsp3) is 0.500. The molecule has 0 spiro atoms. The minimum Gasteiger partial charge on any atom is -0.390 e. The van der Waals surface area contributed by atoms with E-state index in [1.54, 1.807) is 0 Å². The van der Waals surface area contributed by atoms with E-state index in [2.05, 4.69) is 30.3 Å². The normalized spacial score (nSPS) is 41.6. The molecule has 68 valence electrons. The van der Waals surface area contributed by atoms with E-state index in [4.69, 9.17) is 0 Å². The van der Waals surface area contributed by atoms with Crippen molar-refractivity contribution < 1.29 is 5.11 Å². The lowest BCUT2D eigenvalue weighted by Gasteiger charge is -2.10. The van der Waals surface area contributed by atoms with Crippen molar-refractivity contribution in [2.75, 3.05) is 0 Å². The summed E-state index contributed by atoms with van der Waals surface area (Å²) in [6.45, 7) is 0. The Labute approximate surface area is 78.4 Å². The summed E-state index contributed by atoms with van der Waals surface area (Å²) in [7, 11) is 0. The Hall–Kier alpha value is -0.820. The molecule has 1 heteroatoms. The van der Waals surface area contributed by atoms with Crippen LogP contribution in [0.25, 0.3) is 0 Å². The number of rotatable bonds is 1. The number of fused-ring (bicyclic) bond motifs is 1. The van der Waals surface area contributed by atoms with E-state index in [1.807, 2.05) is 0 Å². The van der Waals surface area contributed by atoms with Gasteiger partial charge in [-0.1, -0.05) is 30.3 Å². The van der Waals surface area contributed by atoms with Gasteiger partial charge in [0.15, 0.2) is 0 Å². The molecule has 1 nitrogen and oxygen atoms in total. The summed E-state index contributed by atoms with van der Waals surface area (Å²) < 4.78 is 0. The molecule has 0 aromatic heterocycles. The highest BCUT2D eigenvalue weighted by molar-refractivity contribution is 5.28. The van der Waals surface area contributed by atoms with Gasteiger partial charge in [0.1, 0.15) is 0 Å². The topological polar surface area (TPSA) is 20.2 Å². The van der Waals surface area contributed by atoms with Gasteiger partial charge in [0.05, 0.1) is 5.60 Å². The molecular weight excluding hydrogens is 160 g/mol. The third-order valence-corrected chi connectivity index (χ3v) is 3.71. The second kappa shape index (κ2) is 2.36. The molecule has 2 aliphatic rings. The molecular formula is C12H14O. The van der Waals surface area contributed by atoms with Crippen LogP contribution in [0.4, 0.5) is 0 Å². The highest BCUT2D eigenvalue weighted by Crippen LogP contribution is 2.62. The number of hydrogen-bond donors (Lipinski definition) is 1. The molecule has 0 saturated heterocycles. The standard InChI is InChI=1S/C12H14O/c13-12-7-6-10(11(12)8-12)9-4-2-1-3-5-9/h1-5,10-11,13H,6-8H2. The van der Waals surface area contributed by atoms with Crippen molar-refractivity contribution in [1.29, 1.82) is 0 Å². The molecule has 0 bridgehead atoms. The van der Waals surface area contributed by atoms with Crippen LogP contribution in [0.5, 0.6) is 0 Å². The summed E-state index contributed by atoms with van der Waals surface area (Å²) in [4.78, 5) is 0. The lowest BCUT2D eigenvalue weighted by molar-refractivity contribution is 0.142. The Morgan fingerprint density at radius 3 is 2.54 bits per heavy atom. The molecule has 0 radical (unpaired) electrons. The first kappa shape index (κ1) is 7.57. The number of benzene rings is 1. The molecule has 3 unspecified atom stereocenters. The Bertz CT molecular complexity index is 319. The summed E-state index contributed by atoms with van der Waals surface area (Å²) in [5, 5.41) is 9.90. The Balaban J connectivity index is 1.89. The molecule has 1 aromatic carbocycles. The van der Waals surface area contributed by atoms with Crippen molar-refractivity contribution in [3.63, 3.8) is 0 Å². The van der Waals surface area contributed by atoms with Crippen molar-refractivity contribution in [2.24, 2.45) is 5.92 Å². The van der Waals surface area contributed by atoms with Gasteiger partial charge >= 0.3 is 0 Å². The van der Waals surface area contributed by atoms with E-state index in [1.165, 1.54) is 12.0 Å². The molecule has 0 heterocycles. The van der Waals surface area contributed by atoms with Crippen molar-refractivity contribution in [2.45, 2.75) is 30.8 Å². The van der Waals surface area contributed by atoms with Gasteiger partial charge in [0.25, 0.3) is 0 Å². The quantitative estimate of drug-likeness (QED) is 0.692. The van der Waals surface area contributed by atoms with E-state index in [0.717, 1.165) is 12.8 Å². The van der Waals surface area contributed by atoms with Crippen molar-refractivity contribution in [3.8, 4) is 0 Å². The van der Waals surface area contributed by atoms with E-state index in [9.17, 15) is 5.11 Å². The van der Waals surface area contributed by atoms with E-state index >= 15 is 0 Å². The molecule has 3 atom stereocenters. The zero-order valence-corrected chi connectivity index (χ0v) is 7.61. The van der Waals surface area contributed by atoms with Crippen LogP contribution < -0.4 is 0 Å². The molecule has 0 amide bonds. The zero-order chi connectivity index (χ0) is 8.89. The summed E-state index contributed by atoms with van der Waals surface area (Å²) >= 11 is 0. The first-order valence-corrected chi connectivity index (χ1v) is 5.07. The average molecular weight is 174 g/mol. The van der Waals surface area contributed by atoms with Crippen LogP contribution in [0.2, 0.25) is 0 Å². The third-order valence-electron chi connectivity index (χ3n) is 3.71. The van der Waals surface area contributed by atoms with Gasteiger partial charge in [-0.2, -0.15) is 0 Å². The molecule has 3 rings (SSSR count). The molecule has 1 N–H and O–H groups in total. The second-order valence-corrected chi connectivity index (χ2v) is 4.47. The van der Waals surface area contributed by atoms with Crippen molar-refractivity contribution in [1.82, 2.24) is 0 Å². The molecule has 2 aliphatic carbocycles. The minimum atomic E-state index is -0.263. The minimum absolute atomic E-state index is 0.263. The van der Waals surface area contributed by atoms with Crippen LogP contribution >= 0.6 is 0 Å². The van der Waals surface area contributed by atoms with E-state index in [0.29, 0.717) is 11.8 Å². The Morgan fingerprint density at radius 2 is 2.00 bits per heavy atom. The zero-order valence-electron chi connectivity index (χ0n) is 7.61. The molecule has 2 fully saturated rings. The van der Waals surface area contributed by atoms with Gasteiger partial charge in [-0.3, -0.25) is 0 Å². The van der Waals surface area contributed by atoms with Crippen LogP contribution in [0.15, 0.2) is 30.3 Å². The molecule has 13 heavy (non-hydrogen) atoms. The Kier molecular flexibility index (Phi) is 1.37. The third kappa shape index (κ3) is 1.03. The smallest absolute Gasteiger partial charge is 0.0686 e. The predicted molar refractivity (Wildman–Crippen MR) is 51.5 cm³/mol. The lowest BCUT2D eigenvalue weighted by atomic mass is 9.94. The van der Waals surface area contributed by atoms with Crippen LogP contribution in [0.3, 0.4) is 0 Å². The SMILES string of the molecule is OC12CCC(c3ccccc3)C1C2. The fourth-order valence-corrected chi connectivity index (χ4v) is 2.83. The Morgan fingerprint density at radius 1 is 1.23 bits per heavy atom. The molecule has 2 saturated carbocycles. The first-order chi connectivity index (χ1) is 6.30. The van der Waals surface area contributed by atoms with Crippen LogP contribution in [-0.2, 0) is 0 Å². The van der Waals surface area contributed by atoms with Crippen LogP contribution in [0.1, 0.15) is 30.7 Å². The van der Waals surface area contributed by atoms with Gasteiger partial charge in [0.2, 0.25) is 0 Å². The molecule has 1 aromatic rings. The lowest BCUT2D eigenvalue weighted by Crippen LogP contribution is -2.03. The summed E-state index contributed by atoms with van der Waals surface area (Å²) in [6, 6.07) is 10.6. The maximum absolute atomic E-state index is 9.90. The van der Waals surface area contributed by atoms with E-state index in [-0.39, 0.29) is 5.60 Å². The molecule has 0 aliphatic heterocycles. The predicted octanol–water partition coefficient (Wildman–Crippen LogP) is 2.32. The monoisotopic (exact) mass is 174 g/mol. The second-order valence-electron chi connectivity index (χ2n) is 4.47. The van der Waals surface area contributed by atoms with Crippen molar-refractivity contribution >= 4 is 0 Å². The average Bonchev–Trinajstić information content (AvgIpc) is 2.71. The number of hydrogen-bond acceptors (Lipinski definition) is 1. The highest BCUT2D eigenvalue weighted by Gasteiger charge is 2.60. The maximum Gasteiger partial charge on any atom is 0.0686 e. The largest absolute Gasteiger partial charge is 0.390 e. The summed E-state index contributed by atoms with van der Waals surface area (Å²) in [6.07, 6.45) is 3.22. The van der Waals surface area contributed by atoms with Gasteiger partial charge in [-0.05, 0) is 36.7 Å². The van der Waals surface area contributed by atoms with Gasteiger partial charge in [0, 0.05) is 0 Å². The van der Waals surface area contributed by atoms with Crippen molar-refractivity contribution in [3.05, 3.63) is 35.9 Å². The van der Waals surface area contributed by atoms with Crippen LogP contribution in [-0.4, -0.2) is 10.7 Å². The summed E-state index contributed by atoms with van der Waals surface area (Å²) in [5.74, 6) is 1.20.